The van der Waals surface area contributed by atoms with Crippen molar-refractivity contribution >= 4 is 17.7 Å². The summed E-state index contributed by atoms with van der Waals surface area (Å²) in [5, 5.41) is 4.36. The van der Waals surface area contributed by atoms with Crippen LogP contribution in [0, 0.1) is 0 Å². The Labute approximate surface area is 126 Å². The number of rotatable bonds is 3. The molecule has 1 saturated heterocycles. The quantitative estimate of drug-likeness (QED) is 0.861. The van der Waals surface area contributed by atoms with E-state index in [1.165, 1.54) is 12.6 Å². The fourth-order valence-corrected chi connectivity index (χ4v) is 4.73. The SMILES string of the molecule is O=C(c1ccnn1CC(F)F)N1CCSC2CCCCC21. The Hall–Kier alpha value is -1.11. The van der Waals surface area contributed by atoms with Gasteiger partial charge in [0, 0.05) is 29.8 Å². The molecule has 1 amide bonds. The first kappa shape index (κ1) is 14.8. The van der Waals surface area contributed by atoms with Crippen LogP contribution in [0.2, 0.25) is 0 Å². The third-order valence-corrected chi connectivity index (χ3v) is 5.64. The predicted molar refractivity (Wildman–Crippen MR) is 77.8 cm³/mol. The second kappa shape index (κ2) is 6.34. The van der Waals surface area contributed by atoms with E-state index in [0.29, 0.717) is 11.8 Å². The zero-order valence-electron chi connectivity index (χ0n) is 11.8. The lowest BCUT2D eigenvalue weighted by atomic mass is 9.93. The van der Waals surface area contributed by atoms with Crippen molar-refractivity contribution < 1.29 is 13.6 Å². The van der Waals surface area contributed by atoms with Crippen molar-refractivity contribution in [3.63, 3.8) is 0 Å². The average molecular weight is 315 g/mol. The molecule has 0 spiro atoms. The van der Waals surface area contributed by atoms with Crippen molar-refractivity contribution in [3.8, 4) is 0 Å². The summed E-state index contributed by atoms with van der Waals surface area (Å²) in [5.74, 6) is 0.779. The van der Waals surface area contributed by atoms with Gasteiger partial charge in [-0.2, -0.15) is 16.9 Å². The van der Waals surface area contributed by atoms with Gasteiger partial charge in [0.15, 0.2) is 0 Å². The summed E-state index contributed by atoms with van der Waals surface area (Å²) in [4.78, 5) is 14.6. The highest BCUT2D eigenvalue weighted by Crippen LogP contribution is 2.36. The van der Waals surface area contributed by atoms with Gasteiger partial charge >= 0.3 is 0 Å². The van der Waals surface area contributed by atoms with Gasteiger partial charge in [0.25, 0.3) is 12.3 Å². The maximum absolute atomic E-state index is 12.7. The minimum absolute atomic E-state index is 0.148. The zero-order chi connectivity index (χ0) is 14.8. The van der Waals surface area contributed by atoms with Crippen molar-refractivity contribution in [3.05, 3.63) is 18.0 Å². The van der Waals surface area contributed by atoms with Crippen LogP contribution in [0.15, 0.2) is 12.3 Å². The van der Waals surface area contributed by atoms with Gasteiger partial charge in [-0.1, -0.05) is 12.8 Å². The maximum Gasteiger partial charge on any atom is 0.272 e. The number of alkyl halides is 2. The molecule has 3 rings (SSSR count). The van der Waals surface area contributed by atoms with Crippen LogP contribution in [0.5, 0.6) is 0 Å². The van der Waals surface area contributed by atoms with Crippen molar-refractivity contribution in [1.29, 1.82) is 0 Å². The van der Waals surface area contributed by atoms with Crippen LogP contribution < -0.4 is 0 Å². The molecule has 2 unspecified atom stereocenters. The summed E-state index contributed by atoms with van der Waals surface area (Å²) in [7, 11) is 0. The Morgan fingerprint density at radius 2 is 2.24 bits per heavy atom. The van der Waals surface area contributed by atoms with Crippen LogP contribution in [0.1, 0.15) is 36.2 Å². The van der Waals surface area contributed by atoms with E-state index < -0.39 is 13.0 Å². The molecule has 2 heterocycles. The summed E-state index contributed by atoms with van der Waals surface area (Å²) in [6.45, 7) is 0.176. The lowest BCUT2D eigenvalue weighted by Gasteiger charge is -2.43. The standard InChI is InChI=1S/C14H19F2N3OS/c15-13(16)9-19-11(5-6-17-19)14(20)18-7-8-21-12-4-2-1-3-10(12)18/h5-6,10,12-13H,1-4,7-9H2. The van der Waals surface area contributed by atoms with Crippen LogP contribution in [-0.4, -0.2) is 50.6 Å². The molecule has 116 valence electrons. The molecular weight excluding hydrogens is 296 g/mol. The normalized spacial score (nSPS) is 26.0. The molecule has 0 bridgehead atoms. The molecule has 0 aromatic carbocycles. The van der Waals surface area contributed by atoms with E-state index in [4.69, 9.17) is 0 Å². The van der Waals surface area contributed by atoms with Gasteiger partial charge in [-0.3, -0.25) is 9.48 Å². The summed E-state index contributed by atoms with van der Waals surface area (Å²) in [5.41, 5.74) is 0.284. The molecule has 2 fully saturated rings. The molecule has 21 heavy (non-hydrogen) atoms. The molecule has 7 heteroatoms. The van der Waals surface area contributed by atoms with Crippen LogP contribution in [0.3, 0.4) is 0 Å². The minimum Gasteiger partial charge on any atom is -0.332 e. The molecule has 1 aromatic rings. The third-order valence-electron chi connectivity index (χ3n) is 4.24. The van der Waals surface area contributed by atoms with Gasteiger partial charge in [-0.05, 0) is 18.9 Å². The topological polar surface area (TPSA) is 38.1 Å². The second-order valence-corrected chi connectivity index (χ2v) is 6.90. The van der Waals surface area contributed by atoms with Crippen LogP contribution >= 0.6 is 11.8 Å². The Kier molecular flexibility index (Phi) is 4.47. The Morgan fingerprint density at radius 3 is 3.05 bits per heavy atom. The van der Waals surface area contributed by atoms with Crippen molar-refractivity contribution in [2.24, 2.45) is 0 Å². The summed E-state index contributed by atoms with van der Waals surface area (Å²) in [6.07, 6.45) is 3.45. The lowest BCUT2D eigenvalue weighted by Crippen LogP contribution is -2.52. The first-order valence-corrected chi connectivity index (χ1v) is 8.44. The number of thioether (sulfide) groups is 1. The molecule has 0 N–H and O–H groups in total. The highest BCUT2D eigenvalue weighted by Gasteiger charge is 2.37. The van der Waals surface area contributed by atoms with Gasteiger partial charge in [0.2, 0.25) is 0 Å². The predicted octanol–water partition coefficient (Wildman–Crippen LogP) is 2.65. The minimum atomic E-state index is -2.50. The van der Waals surface area contributed by atoms with Gasteiger partial charge in [0.05, 0.1) is 0 Å². The summed E-state index contributed by atoms with van der Waals surface area (Å²) < 4.78 is 26.3. The maximum atomic E-state index is 12.7. The molecule has 1 aromatic heterocycles. The lowest BCUT2D eigenvalue weighted by molar-refractivity contribution is 0.0623. The number of nitrogens with zero attached hydrogens (tertiary/aromatic N) is 3. The number of amides is 1. The highest BCUT2D eigenvalue weighted by atomic mass is 32.2. The molecule has 1 saturated carbocycles. The fourth-order valence-electron chi connectivity index (χ4n) is 3.29. The van der Waals surface area contributed by atoms with E-state index in [1.807, 2.05) is 16.7 Å². The molecule has 1 aliphatic heterocycles. The fraction of sp³-hybridized carbons (Fsp3) is 0.714. The number of fused-ring (bicyclic) bond motifs is 1. The zero-order valence-corrected chi connectivity index (χ0v) is 12.6. The van der Waals surface area contributed by atoms with E-state index in [9.17, 15) is 13.6 Å². The molecule has 2 atom stereocenters. The Bertz CT molecular complexity index is 506. The average Bonchev–Trinajstić information content (AvgIpc) is 2.93. The third kappa shape index (κ3) is 3.07. The number of halogens is 2. The van der Waals surface area contributed by atoms with Crippen molar-refractivity contribution in [1.82, 2.24) is 14.7 Å². The van der Waals surface area contributed by atoms with Crippen LogP contribution in [0.4, 0.5) is 8.78 Å². The van der Waals surface area contributed by atoms with Gasteiger partial charge in [0.1, 0.15) is 12.2 Å². The second-order valence-electron chi connectivity index (χ2n) is 5.55. The van der Waals surface area contributed by atoms with Crippen molar-refractivity contribution in [2.75, 3.05) is 12.3 Å². The monoisotopic (exact) mass is 315 g/mol. The molecule has 2 aliphatic rings. The van der Waals surface area contributed by atoms with Crippen LogP contribution in [-0.2, 0) is 6.54 Å². The molecule has 4 nitrogen and oxygen atoms in total. The Balaban J connectivity index is 1.79. The van der Waals surface area contributed by atoms with Crippen LogP contribution in [0.25, 0.3) is 0 Å². The summed E-state index contributed by atoms with van der Waals surface area (Å²) >= 11 is 1.94. The molecular formula is C14H19F2N3OS. The largest absolute Gasteiger partial charge is 0.332 e. The molecule has 0 radical (unpaired) electrons. The first-order chi connectivity index (χ1) is 10.2. The van der Waals surface area contributed by atoms with E-state index >= 15 is 0 Å². The number of hydrogen-bond acceptors (Lipinski definition) is 3. The first-order valence-electron chi connectivity index (χ1n) is 7.39. The van der Waals surface area contributed by atoms with E-state index in [2.05, 4.69) is 5.10 Å². The van der Waals surface area contributed by atoms with Gasteiger partial charge in [-0.15, -0.1) is 0 Å². The summed E-state index contributed by atoms with van der Waals surface area (Å²) in [6, 6.07) is 1.80. The van der Waals surface area contributed by atoms with Gasteiger partial charge < -0.3 is 4.90 Å². The highest BCUT2D eigenvalue weighted by molar-refractivity contribution is 8.00. The Morgan fingerprint density at radius 1 is 1.43 bits per heavy atom. The number of carbonyl (C=O) groups is 1. The number of aromatic nitrogens is 2. The number of hydrogen-bond donors (Lipinski definition) is 0. The van der Waals surface area contributed by atoms with E-state index in [0.717, 1.165) is 29.7 Å². The van der Waals surface area contributed by atoms with E-state index in [-0.39, 0.29) is 17.6 Å². The van der Waals surface area contributed by atoms with Gasteiger partial charge in [-0.25, -0.2) is 8.78 Å². The smallest absolute Gasteiger partial charge is 0.272 e. The molecule has 1 aliphatic carbocycles. The number of carbonyl (C=O) groups excluding carboxylic acids is 1. The van der Waals surface area contributed by atoms with Crippen molar-refractivity contribution in [2.45, 2.75) is 49.9 Å². The van der Waals surface area contributed by atoms with E-state index in [1.54, 1.807) is 6.07 Å².